The molecule has 2 aromatic rings. The van der Waals surface area contributed by atoms with Crippen LogP contribution in [0.15, 0.2) is 48.5 Å². The molecule has 3 heteroatoms. The van der Waals surface area contributed by atoms with E-state index in [1.165, 1.54) is 5.56 Å². The van der Waals surface area contributed by atoms with Gasteiger partial charge in [-0.05, 0) is 17.7 Å². The standard InChI is InChI=1S/C15H16ClNO/c16-14-7-4-8-15(13(14)11-17)18-10-9-12-5-2-1-3-6-12/h1-8H,9-11,17H2. The smallest absolute Gasteiger partial charge is 0.125 e. The third kappa shape index (κ3) is 3.25. The van der Waals surface area contributed by atoms with E-state index in [1.54, 1.807) is 0 Å². The Bertz CT molecular complexity index is 499. The first-order valence-corrected chi connectivity index (χ1v) is 6.33. The van der Waals surface area contributed by atoms with Crippen LogP contribution in [0.2, 0.25) is 5.02 Å². The number of ether oxygens (including phenoxy) is 1. The molecule has 0 heterocycles. The summed E-state index contributed by atoms with van der Waals surface area (Å²) in [5.74, 6) is 0.779. The molecular weight excluding hydrogens is 246 g/mol. The van der Waals surface area contributed by atoms with Crippen LogP contribution >= 0.6 is 11.6 Å². The highest BCUT2D eigenvalue weighted by Crippen LogP contribution is 2.25. The summed E-state index contributed by atoms with van der Waals surface area (Å²) in [6, 6.07) is 15.8. The topological polar surface area (TPSA) is 35.2 Å². The summed E-state index contributed by atoms with van der Waals surface area (Å²) in [5, 5.41) is 0.662. The zero-order chi connectivity index (χ0) is 12.8. The highest BCUT2D eigenvalue weighted by molar-refractivity contribution is 6.31. The van der Waals surface area contributed by atoms with Crippen molar-refractivity contribution in [3.05, 3.63) is 64.7 Å². The molecule has 2 nitrogen and oxygen atoms in total. The Morgan fingerprint density at radius 2 is 1.78 bits per heavy atom. The monoisotopic (exact) mass is 261 g/mol. The molecule has 94 valence electrons. The Kier molecular flexibility index (Phi) is 4.62. The lowest BCUT2D eigenvalue weighted by Gasteiger charge is -2.11. The van der Waals surface area contributed by atoms with Crippen molar-refractivity contribution in [2.24, 2.45) is 5.73 Å². The molecule has 0 aromatic heterocycles. The zero-order valence-electron chi connectivity index (χ0n) is 10.1. The van der Waals surface area contributed by atoms with Crippen LogP contribution in [-0.4, -0.2) is 6.61 Å². The van der Waals surface area contributed by atoms with Crippen molar-refractivity contribution in [3.8, 4) is 5.75 Å². The van der Waals surface area contributed by atoms with Gasteiger partial charge in [-0.2, -0.15) is 0 Å². The van der Waals surface area contributed by atoms with Gasteiger partial charge < -0.3 is 10.5 Å². The van der Waals surface area contributed by atoms with Crippen LogP contribution in [0.25, 0.3) is 0 Å². The zero-order valence-corrected chi connectivity index (χ0v) is 10.9. The van der Waals surface area contributed by atoms with E-state index >= 15 is 0 Å². The van der Waals surface area contributed by atoms with E-state index in [4.69, 9.17) is 22.1 Å². The minimum Gasteiger partial charge on any atom is -0.493 e. The van der Waals surface area contributed by atoms with Crippen LogP contribution in [0.4, 0.5) is 0 Å². The summed E-state index contributed by atoms with van der Waals surface area (Å²) in [7, 11) is 0. The molecule has 0 saturated carbocycles. The van der Waals surface area contributed by atoms with E-state index < -0.39 is 0 Å². The molecule has 0 spiro atoms. The van der Waals surface area contributed by atoms with Crippen LogP contribution in [0, 0.1) is 0 Å². The Morgan fingerprint density at radius 1 is 1.00 bits per heavy atom. The second-order valence-electron chi connectivity index (χ2n) is 4.00. The molecule has 0 aliphatic heterocycles. The van der Waals surface area contributed by atoms with Gasteiger partial charge in [0.05, 0.1) is 6.61 Å². The highest BCUT2D eigenvalue weighted by atomic mass is 35.5. The summed E-state index contributed by atoms with van der Waals surface area (Å²) >= 11 is 6.07. The van der Waals surface area contributed by atoms with Gasteiger partial charge in [-0.15, -0.1) is 0 Å². The van der Waals surface area contributed by atoms with E-state index in [-0.39, 0.29) is 0 Å². The van der Waals surface area contributed by atoms with Crippen molar-refractivity contribution in [3.63, 3.8) is 0 Å². The molecule has 0 radical (unpaired) electrons. The van der Waals surface area contributed by atoms with Gasteiger partial charge in [0.25, 0.3) is 0 Å². The average molecular weight is 262 g/mol. The molecule has 0 saturated heterocycles. The minimum absolute atomic E-state index is 0.389. The van der Waals surface area contributed by atoms with Gasteiger partial charge >= 0.3 is 0 Å². The number of halogens is 1. The Labute approximate surface area is 112 Å². The number of hydrogen-bond acceptors (Lipinski definition) is 2. The number of benzene rings is 2. The van der Waals surface area contributed by atoms with Crippen molar-refractivity contribution < 1.29 is 4.74 Å². The lowest BCUT2D eigenvalue weighted by atomic mass is 10.1. The summed E-state index contributed by atoms with van der Waals surface area (Å²) in [6.45, 7) is 1.01. The van der Waals surface area contributed by atoms with E-state index in [2.05, 4.69) is 12.1 Å². The van der Waals surface area contributed by atoms with Gasteiger partial charge in [0.2, 0.25) is 0 Å². The second kappa shape index (κ2) is 6.43. The number of nitrogens with two attached hydrogens (primary N) is 1. The van der Waals surface area contributed by atoms with Gasteiger partial charge in [-0.25, -0.2) is 0 Å². The minimum atomic E-state index is 0.389. The van der Waals surface area contributed by atoms with Crippen LogP contribution < -0.4 is 10.5 Å². The molecule has 0 aliphatic rings. The van der Waals surface area contributed by atoms with Crippen LogP contribution in [0.5, 0.6) is 5.75 Å². The fourth-order valence-electron chi connectivity index (χ4n) is 1.80. The van der Waals surface area contributed by atoms with Gasteiger partial charge in [-0.1, -0.05) is 48.0 Å². The van der Waals surface area contributed by atoms with Crippen molar-refractivity contribution in [2.75, 3.05) is 6.61 Å². The maximum atomic E-state index is 6.07. The maximum Gasteiger partial charge on any atom is 0.125 e. The Morgan fingerprint density at radius 3 is 2.50 bits per heavy atom. The molecule has 0 unspecified atom stereocenters. The second-order valence-corrected chi connectivity index (χ2v) is 4.41. The van der Waals surface area contributed by atoms with Crippen molar-refractivity contribution >= 4 is 11.6 Å². The number of rotatable bonds is 5. The Hall–Kier alpha value is -1.51. The Balaban J connectivity index is 1.96. The molecule has 0 fully saturated rings. The van der Waals surface area contributed by atoms with Gasteiger partial charge in [0, 0.05) is 23.6 Å². The summed E-state index contributed by atoms with van der Waals surface area (Å²) in [6.07, 6.45) is 0.872. The lowest BCUT2D eigenvalue weighted by molar-refractivity contribution is 0.318. The van der Waals surface area contributed by atoms with Crippen LogP contribution in [0.3, 0.4) is 0 Å². The normalized spacial score (nSPS) is 10.3. The predicted molar refractivity (Wildman–Crippen MR) is 75.0 cm³/mol. The molecule has 2 aromatic carbocycles. The van der Waals surface area contributed by atoms with E-state index in [9.17, 15) is 0 Å². The summed E-state index contributed by atoms with van der Waals surface area (Å²) < 4.78 is 5.75. The highest BCUT2D eigenvalue weighted by Gasteiger charge is 2.06. The van der Waals surface area contributed by atoms with Crippen LogP contribution in [0.1, 0.15) is 11.1 Å². The van der Waals surface area contributed by atoms with E-state index in [0.29, 0.717) is 18.2 Å². The third-order valence-corrected chi connectivity index (χ3v) is 3.13. The molecule has 18 heavy (non-hydrogen) atoms. The summed E-state index contributed by atoms with van der Waals surface area (Å²) in [5.41, 5.74) is 7.80. The summed E-state index contributed by atoms with van der Waals surface area (Å²) in [4.78, 5) is 0. The third-order valence-electron chi connectivity index (χ3n) is 2.77. The van der Waals surface area contributed by atoms with Gasteiger partial charge in [-0.3, -0.25) is 0 Å². The number of hydrogen-bond donors (Lipinski definition) is 1. The molecule has 2 rings (SSSR count). The van der Waals surface area contributed by atoms with Gasteiger partial charge in [0.15, 0.2) is 0 Å². The van der Waals surface area contributed by atoms with Crippen molar-refractivity contribution in [1.82, 2.24) is 0 Å². The molecule has 0 bridgehead atoms. The fourth-order valence-corrected chi connectivity index (χ4v) is 2.04. The first kappa shape index (κ1) is 12.9. The maximum absolute atomic E-state index is 6.07. The first-order valence-electron chi connectivity index (χ1n) is 5.95. The largest absolute Gasteiger partial charge is 0.493 e. The molecular formula is C15H16ClNO. The van der Waals surface area contributed by atoms with E-state index in [0.717, 1.165) is 17.7 Å². The van der Waals surface area contributed by atoms with E-state index in [1.807, 2.05) is 36.4 Å². The quantitative estimate of drug-likeness (QED) is 0.895. The molecule has 0 amide bonds. The fraction of sp³-hybridized carbons (Fsp3) is 0.200. The molecule has 0 atom stereocenters. The lowest BCUT2D eigenvalue weighted by Crippen LogP contribution is -2.06. The molecule has 2 N–H and O–H groups in total. The average Bonchev–Trinajstić information content (AvgIpc) is 2.40. The van der Waals surface area contributed by atoms with Crippen molar-refractivity contribution in [1.29, 1.82) is 0 Å². The molecule has 0 aliphatic carbocycles. The SMILES string of the molecule is NCc1c(Cl)cccc1OCCc1ccccc1. The predicted octanol–water partition coefficient (Wildman–Crippen LogP) is 3.42. The van der Waals surface area contributed by atoms with Gasteiger partial charge in [0.1, 0.15) is 5.75 Å². The van der Waals surface area contributed by atoms with Crippen molar-refractivity contribution in [2.45, 2.75) is 13.0 Å². The first-order chi connectivity index (χ1) is 8.81. The van der Waals surface area contributed by atoms with Crippen LogP contribution in [-0.2, 0) is 13.0 Å².